The molecule has 0 spiro atoms. The number of carbonyl (C=O) groups excluding carboxylic acids is 1. The molecule has 0 aliphatic rings. The summed E-state index contributed by atoms with van der Waals surface area (Å²) in [5.41, 5.74) is 3.48. The minimum atomic E-state index is 0.201. The van der Waals surface area contributed by atoms with Gasteiger partial charge in [0.05, 0.1) is 7.11 Å². The summed E-state index contributed by atoms with van der Waals surface area (Å²) in [6.45, 7) is 8.04. The molecule has 94 valence electrons. The molecule has 0 heterocycles. The van der Waals surface area contributed by atoms with Crippen molar-refractivity contribution in [2.24, 2.45) is 0 Å². The number of hydrogen-bond acceptors (Lipinski definition) is 2. The largest absolute Gasteiger partial charge is 0.496 e. The molecule has 0 N–H and O–H groups in total. The van der Waals surface area contributed by atoms with E-state index in [-0.39, 0.29) is 5.78 Å². The third kappa shape index (κ3) is 3.32. The van der Waals surface area contributed by atoms with Gasteiger partial charge in [0.1, 0.15) is 11.5 Å². The zero-order valence-corrected chi connectivity index (χ0v) is 11.5. The average molecular weight is 234 g/mol. The molecule has 2 nitrogen and oxygen atoms in total. The van der Waals surface area contributed by atoms with Crippen molar-refractivity contribution in [1.29, 1.82) is 0 Å². The van der Waals surface area contributed by atoms with Crippen molar-refractivity contribution in [3.8, 4) is 5.75 Å². The Hall–Kier alpha value is -1.31. The lowest BCUT2D eigenvalue weighted by molar-refractivity contribution is -0.116. The second kappa shape index (κ2) is 5.85. The molecule has 0 aromatic heterocycles. The molecule has 1 rings (SSSR count). The van der Waals surface area contributed by atoms with Crippen molar-refractivity contribution in [3.63, 3.8) is 0 Å². The van der Waals surface area contributed by atoms with E-state index >= 15 is 0 Å². The maximum absolute atomic E-state index is 11.2. The van der Waals surface area contributed by atoms with E-state index in [0.29, 0.717) is 12.3 Å². The lowest BCUT2D eigenvalue weighted by Gasteiger charge is -2.17. The molecule has 0 aliphatic carbocycles. The van der Waals surface area contributed by atoms with Crippen molar-refractivity contribution >= 4 is 5.78 Å². The number of ketones is 1. The Balaban J connectivity index is 3.29. The summed E-state index contributed by atoms with van der Waals surface area (Å²) in [6, 6.07) is 4.19. The predicted molar refractivity (Wildman–Crippen MR) is 70.8 cm³/mol. The third-order valence-electron chi connectivity index (χ3n) is 2.91. The lowest BCUT2D eigenvalue weighted by Crippen LogP contribution is -2.03. The number of Topliss-reactive ketones (excluding diaryl/α,β-unsaturated/α-hetero) is 1. The standard InChI is InChI=1S/C15H22O2/c1-6-13-8-12(7-11(4)16)9-14(10(2)3)15(13)17-5/h8-10H,6-7H2,1-5H3. The van der Waals surface area contributed by atoms with Gasteiger partial charge in [-0.15, -0.1) is 0 Å². The van der Waals surface area contributed by atoms with Crippen LogP contribution in [0, 0.1) is 0 Å². The van der Waals surface area contributed by atoms with E-state index in [1.54, 1.807) is 14.0 Å². The van der Waals surface area contributed by atoms with E-state index in [2.05, 4.69) is 32.9 Å². The molecule has 0 saturated heterocycles. The van der Waals surface area contributed by atoms with Crippen molar-refractivity contribution < 1.29 is 9.53 Å². The zero-order chi connectivity index (χ0) is 13.0. The number of carbonyl (C=O) groups is 1. The maximum atomic E-state index is 11.2. The van der Waals surface area contributed by atoms with Crippen LogP contribution in [0.5, 0.6) is 5.75 Å². The summed E-state index contributed by atoms with van der Waals surface area (Å²) < 4.78 is 5.50. The highest BCUT2D eigenvalue weighted by Gasteiger charge is 2.13. The number of hydrogen-bond donors (Lipinski definition) is 0. The molecular weight excluding hydrogens is 212 g/mol. The first kappa shape index (κ1) is 13.8. The van der Waals surface area contributed by atoms with Gasteiger partial charge in [-0.2, -0.15) is 0 Å². The van der Waals surface area contributed by atoms with Crippen LogP contribution < -0.4 is 4.74 Å². The monoisotopic (exact) mass is 234 g/mol. The maximum Gasteiger partial charge on any atom is 0.134 e. The van der Waals surface area contributed by atoms with Gasteiger partial charge in [0.2, 0.25) is 0 Å². The van der Waals surface area contributed by atoms with Crippen LogP contribution in [0.15, 0.2) is 12.1 Å². The molecule has 0 radical (unpaired) electrons. The topological polar surface area (TPSA) is 26.3 Å². The van der Waals surface area contributed by atoms with Crippen LogP contribution in [-0.4, -0.2) is 12.9 Å². The molecule has 0 fully saturated rings. The van der Waals surface area contributed by atoms with E-state index in [1.807, 2.05) is 0 Å². The Morgan fingerprint density at radius 3 is 2.41 bits per heavy atom. The summed E-state index contributed by atoms with van der Waals surface area (Å²) in [5.74, 6) is 1.59. The first-order chi connectivity index (χ1) is 7.99. The van der Waals surface area contributed by atoms with Gasteiger partial charge >= 0.3 is 0 Å². The van der Waals surface area contributed by atoms with Gasteiger partial charge in [-0.25, -0.2) is 0 Å². The number of benzene rings is 1. The summed E-state index contributed by atoms with van der Waals surface area (Å²) >= 11 is 0. The van der Waals surface area contributed by atoms with Crippen molar-refractivity contribution in [2.75, 3.05) is 7.11 Å². The second-order valence-electron chi connectivity index (χ2n) is 4.76. The minimum absolute atomic E-state index is 0.201. The van der Waals surface area contributed by atoms with Crippen LogP contribution in [0.1, 0.15) is 50.3 Å². The van der Waals surface area contributed by atoms with E-state index in [0.717, 1.165) is 17.7 Å². The normalized spacial score (nSPS) is 10.7. The van der Waals surface area contributed by atoms with E-state index in [4.69, 9.17) is 4.74 Å². The van der Waals surface area contributed by atoms with Crippen molar-refractivity contribution in [2.45, 2.75) is 46.5 Å². The predicted octanol–water partition coefficient (Wildman–Crippen LogP) is 3.51. The third-order valence-corrected chi connectivity index (χ3v) is 2.91. The second-order valence-corrected chi connectivity index (χ2v) is 4.76. The van der Waals surface area contributed by atoms with Crippen LogP contribution in [0.25, 0.3) is 0 Å². The lowest BCUT2D eigenvalue weighted by atomic mass is 9.93. The average Bonchev–Trinajstić information content (AvgIpc) is 2.26. The van der Waals surface area contributed by atoms with E-state index < -0.39 is 0 Å². The van der Waals surface area contributed by atoms with E-state index in [1.165, 1.54) is 11.1 Å². The number of methoxy groups -OCH3 is 1. The molecule has 0 bridgehead atoms. The summed E-state index contributed by atoms with van der Waals surface area (Å²) in [5, 5.41) is 0. The zero-order valence-electron chi connectivity index (χ0n) is 11.5. The summed E-state index contributed by atoms with van der Waals surface area (Å²) in [6.07, 6.45) is 1.44. The fraction of sp³-hybridized carbons (Fsp3) is 0.533. The highest BCUT2D eigenvalue weighted by molar-refractivity contribution is 5.78. The van der Waals surface area contributed by atoms with Crippen LogP contribution in [0.2, 0.25) is 0 Å². The molecule has 1 aromatic carbocycles. The number of rotatable bonds is 5. The molecule has 0 aliphatic heterocycles. The van der Waals surface area contributed by atoms with Gasteiger partial charge < -0.3 is 4.74 Å². The molecular formula is C15H22O2. The van der Waals surface area contributed by atoms with Gasteiger partial charge in [0, 0.05) is 6.42 Å². The fourth-order valence-electron chi connectivity index (χ4n) is 2.11. The molecule has 2 heteroatoms. The highest BCUT2D eigenvalue weighted by Crippen LogP contribution is 2.32. The quantitative estimate of drug-likeness (QED) is 0.779. The molecule has 0 amide bonds. The number of ether oxygens (including phenoxy) is 1. The fourth-order valence-corrected chi connectivity index (χ4v) is 2.11. The molecule has 0 atom stereocenters. The van der Waals surface area contributed by atoms with Gasteiger partial charge in [-0.05, 0) is 36.0 Å². The Labute approximate surface area is 104 Å². The molecule has 17 heavy (non-hydrogen) atoms. The van der Waals surface area contributed by atoms with Crippen molar-refractivity contribution in [3.05, 3.63) is 28.8 Å². The highest BCUT2D eigenvalue weighted by atomic mass is 16.5. The first-order valence-electron chi connectivity index (χ1n) is 6.18. The Kier molecular flexibility index (Phi) is 4.73. The number of aryl methyl sites for hydroxylation is 1. The SMILES string of the molecule is CCc1cc(CC(C)=O)cc(C(C)C)c1OC. The molecule has 0 saturated carbocycles. The van der Waals surface area contributed by atoms with E-state index in [9.17, 15) is 4.79 Å². The van der Waals surface area contributed by atoms with Gasteiger partial charge in [0.25, 0.3) is 0 Å². The van der Waals surface area contributed by atoms with Crippen LogP contribution in [0.4, 0.5) is 0 Å². The van der Waals surface area contributed by atoms with Gasteiger partial charge in [-0.1, -0.05) is 32.9 Å². The van der Waals surface area contributed by atoms with Crippen LogP contribution in [-0.2, 0) is 17.6 Å². The van der Waals surface area contributed by atoms with Crippen molar-refractivity contribution in [1.82, 2.24) is 0 Å². The Bertz CT molecular complexity index is 406. The minimum Gasteiger partial charge on any atom is -0.496 e. The molecule has 1 aromatic rings. The van der Waals surface area contributed by atoms with Gasteiger partial charge in [-0.3, -0.25) is 4.79 Å². The Morgan fingerprint density at radius 1 is 1.35 bits per heavy atom. The summed E-state index contributed by atoms with van der Waals surface area (Å²) in [4.78, 5) is 11.2. The smallest absolute Gasteiger partial charge is 0.134 e. The van der Waals surface area contributed by atoms with Crippen LogP contribution >= 0.6 is 0 Å². The van der Waals surface area contributed by atoms with Gasteiger partial charge in [0.15, 0.2) is 0 Å². The molecule has 0 unspecified atom stereocenters. The Morgan fingerprint density at radius 2 is 2.00 bits per heavy atom. The summed E-state index contributed by atoms with van der Waals surface area (Å²) in [7, 11) is 1.71. The first-order valence-corrected chi connectivity index (χ1v) is 6.18. The van der Waals surface area contributed by atoms with Crippen LogP contribution in [0.3, 0.4) is 0 Å².